The fraction of sp³-hybridized carbons (Fsp3) is 0.179. The van der Waals surface area contributed by atoms with Gasteiger partial charge in [-0.2, -0.15) is 0 Å². The fourth-order valence-electron chi connectivity index (χ4n) is 4.23. The van der Waals surface area contributed by atoms with E-state index in [1.165, 1.54) is 6.08 Å². The van der Waals surface area contributed by atoms with Crippen LogP contribution in [0.25, 0.3) is 28.2 Å². The lowest BCUT2D eigenvalue weighted by atomic mass is 10.0. The van der Waals surface area contributed by atoms with Gasteiger partial charge in [0.05, 0.1) is 18.1 Å². The summed E-state index contributed by atoms with van der Waals surface area (Å²) in [6, 6.07) is 16.2. The smallest absolute Gasteiger partial charge is 0.253 e. The van der Waals surface area contributed by atoms with E-state index in [4.69, 9.17) is 21.8 Å². The molecular weight excluding hydrogens is 495 g/mol. The molecule has 188 valence electrons. The van der Waals surface area contributed by atoms with Gasteiger partial charge in [0.1, 0.15) is 17.7 Å². The van der Waals surface area contributed by atoms with Gasteiger partial charge in [-0.25, -0.2) is 9.37 Å². The number of halogens is 2. The summed E-state index contributed by atoms with van der Waals surface area (Å²) in [6.07, 6.45) is 4.07. The summed E-state index contributed by atoms with van der Waals surface area (Å²) in [5.41, 5.74) is 9.11. The van der Waals surface area contributed by atoms with E-state index >= 15 is 0 Å². The summed E-state index contributed by atoms with van der Waals surface area (Å²) in [5, 5.41) is 4.01. The molecule has 2 aromatic heterocycles. The number of pyridine rings is 1. The van der Waals surface area contributed by atoms with Gasteiger partial charge >= 0.3 is 0 Å². The number of amides is 2. The molecule has 3 N–H and O–H groups in total. The maximum absolute atomic E-state index is 13.5. The Hall–Kier alpha value is -4.17. The lowest BCUT2D eigenvalue weighted by molar-refractivity contribution is -0.116. The van der Waals surface area contributed by atoms with Crippen molar-refractivity contribution < 1.29 is 18.4 Å². The second kappa shape index (κ2) is 10.4. The van der Waals surface area contributed by atoms with Crippen LogP contribution in [-0.4, -0.2) is 41.0 Å². The number of furan rings is 1. The predicted octanol–water partition coefficient (Wildman–Crippen LogP) is 5.24. The number of benzene rings is 2. The van der Waals surface area contributed by atoms with Crippen LogP contribution in [0.5, 0.6) is 0 Å². The largest absolute Gasteiger partial charge is 0.458 e. The molecule has 1 fully saturated rings. The lowest BCUT2D eigenvalue weighted by Crippen LogP contribution is -2.28. The highest BCUT2D eigenvalue weighted by molar-refractivity contribution is 6.35. The number of alkyl halides is 1. The number of carbonyl (C=O) groups excluding carboxylic acids is 2. The van der Waals surface area contributed by atoms with Gasteiger partial charge in [0, 0.05) is 29.8 Å². The van der Waals surface area contributed by atoms with Gasteiger partial charge in [-0.1, -0.05) is 23.7 Å². The Balaban J connectivity index is 1.26. The monoisotopic (exact) mass is 518 g/mol. The molecular formula is C28H24ClFN4O3. The Labute approximate surface area is 217 Å². The van der Waals surface area contributed by atoms with E-state index in [2.05, 4.69) is 10.3 Å². The molecule has 4 aromatic rings. The fourth-order valence-corrected chi connectivity index (χ4v) is 4.49. The Kier molecular flexibility index (Phi) is 6.92. The van der Waals surface area contributed by atoms with Gasteiger partial charge < -0.3 is 20.4 Å². The molecule has 1 atom stereocenters. The lowest BCUT2D eigenvalue weighted by Gasteiger charge is -2.15. The van der Waals surface area contributed by atoms with Gasteiger partial charge in [-0.15, -0.1) is 0 Å². The van der Waals surface area contributed by atoms with Crippen LogP contribution in [0.15, 0.2) is 71.3 Å². The SMILES string of the molecule is Nc1ccc(C=CC(=O)NCc2cc3cc(-c4ccc(C(=O)N5CCC(F)C5)cc4)cc(Cl)c3o2)cn1. The minimum absolute atomic E-state index is 0.145. The molecule has 0 aliphatic carbocycles. The topological polar surface area (TPSA) is 101 Å². The van der Waals surface area contributed by atoms with Gasteiger partial charge in [0.2, 0.25) is 5.91 Å². The molecule has 3 heterocycles. The maximum atomic E-state index is 13.5. The summed E-state index contributed by atoms with van der Waals surface area (Å²) in [7, 11) is 0. The van der Waals surface area contributed by atoms with E-state index in [0.717, 1.165) is 22.1 Å². The molecule has 0 spiro atoms. The number of nitrogens with one attached hydrogen (secondary N) is 1. The number of fused-ring (bicyclic) bond motifs is 1. The number of carbonyl (C=O) groups is 2. The van der Waals surface area contributed by atoms with Crippen molar-refractivity contribution in [2.75, 3.05) is 18.8 Å². The average molecular weight is 519 g/mol. The van der Waals surface area contributed by atoms with Crippen molar-refractivity contribution in [3.63, 3.8) is 0 Å². The van der Waals surface area contributed by atoms with E-state index in [0.29, 0.717) is 40.7 Å². The summed E-state index contributed by atoms with van der Waals surface area (Å²) >= 11 is 6.49. The number of anilines is 1. The predicted molar refractivity (Wildman–Crippen MR) is 142 cm³/mol. The van der Waals surface area contributed by atoms with E-state index in [1.807, 2.05) is 24.3 Å². The zero-order chi connectivity index (χ0) is 25.9. The Bertz CT molecular complexity index is 1480. The van der Waals surface area contributed by atoms with E-state index in [1.54, 1.807) is 47.5 Å². The number of likely N-dealkylation sites (tertiary alicyclic amines) is 1. The van der Waals surface area contributed by atoms with Crippen molar-refractivity contribution in [1.29, 1.82) is 0 Å². The second-order valence-corrected chi connectivity index (χ2v) is 9.28. The molecule has 1 unspecified atom stereocenters. The molecule has 0 radical (unpaired) electrons. The zero-order valence-electron chi connectivity index (χ0n) is 19.8. The highest BCUT2D eigenvalue weighted by Crippen LogP contribution is 2.33. The minimum atomic E-state index is -0.950. The minimum Gasteiger partial charge on any atom is -0.458 e. The third-order valence-electron chi connectivity index (χ3n) is 6.18. The van der Waals surface area contributed by atoms with Crippen molar-refractivity contribution in [2.45, 2.75) is 19.1 Å². The molecule has 0 saturated carbocycles. The number of rotatable bonds is 6. The molecule has 1 saturated heterocycles. The standard InChI is InChI=1S/C28H24ClFN4O3/c29-24-13-20(18-3-5-19(6-4-18)28(36)34-10-9-22(30)16-34)11-21-12-23(37-27(21)24)15-33-26(35)8-2-17-1-7-25(31)32-14-17/h1-8,11-14,22H,9-10,15-16H2,(H2,31,32)(H,33,35). The van der Waals surface area contributed by atoms with Crippen LogP contribution in [0.1, 0.15) is 28.1 Å². The number of hydrogen-bond acceptors (Lipinski definition) is 5. The summed E-state index contributed by atoms with van der Waals surface area (Å²) in [6.45, 7) is 0.774. The molecule has 9 heteroatoms. The van der Waals surface area contributed by atoms with Gasteiger partial charge in [-0.3, -0.25) is 9.59 Å². The highest BCUT2D eigenvalue weighted by atomic mass is 35.5. The third kappa shape index (κ3) is 5.65. The maximum Gasteiger partial charge on any atom is 0.253 e. The molecule has 1 aliphatic heterocycles. The molecule has 5 rings (SSSR count). The number of nitrogens with zero attached hydrogens (tertiary/aromatic N) is 2. The summed E-state index contributed by atoms with van der Waals surface area (Å²) in [4.78, 5) is 30.3. The van der Waals surface area contributed by atoms with Gasteiger partial charge in [0.25, 0.3) is 5.91 Å². The van der Waals surface area contributed by atoms with E-state index in [9.17, 15) is 14.0 Å². The van der Waals surface area contributed by atoms with Crippen molar-refractivity contribution >= 4 is 46.3 Å². The molecule has 37 heavy (non-hydrogen) atoms. The molecule has 7 nitrogen and oxygen atoms in total. The molecule has 0 bridgehead atoms. The van der Waals surface area contributed by atoms with Crippen LogP contribution in [-0.2, 0) is 11.3 Å². The summed E-state index contributed by atoms with van der Waals surface area (Å²) < 4.78 is 19.3. The van der Waals surface area contributed by atoms with Crippen molar-refractivity contribution in [1.82, 2.24) is 15.2 Å². The number of nitrogens with two attached hydrogens (primary N) is 1. The van der Waals surface area contributed by atoms with Crippen LogP contribution in [0.3, 0.4) is 0 Å². The van der Waals surface area contributed by atoms with Crippen LogP contribution in [0.4, 0.5) is 10.2 Å². The average Bonchev–Trinajstić information content (AvgIpc) is 3.53. The van der Waals surface area contributed by atoms with Crippen LogP contribution < -0.4 is 11.1 Å². The van der Waals surface area contributed by atoms with Crippen molar-refractivity contribution in [3.05, 3.63) is 88.8 Å². The quantitative estimate of drug-likeness (QED) is 0.340. The Morgan fingerprint density at radius 2 is 1.97 bits per heavy atom. The van der Waals surface area contributed by atoms with Crippen LogP contribution in [0.2, 0.25) is 5.02 Å². The van der Waals surface area contributed by atoms with Crippen molar-refractivity contribution in [2.24, 2.45) is 0 Å². The first kappa shape index (κ1) is 24.5. The first-order chi connectivity index (χ1) is 17.9. The Morgan fingerprint density at radius 3 is 2.68 bits per heavy atom. The van der Waals surface area contributed by atoms with Gasteiger partial charge in [0.15, 0.2) is 5.58 Å². The second-order valence-electron chi connectivity index (χ2n) is 8.87. The highest BCUT2D eigenvalue weighted by Gasteiger charge is 2.26. The molecule has 2 aromatic carbocycles. The first-order valence-corrected chi connectivity index (χ1v) is 12.2. The van der Waals surface area contributed by atoms with Crippen LogP contribution in [0, 0.1) is 0 Å². The number of nitrogen functional groups attached to an aromatic ring is 1. The van der Waals surface area contributed by atoms with E-state index < -0.39 is 6.17 Å². The summed E-state index contributed by atoms with van der Waals surface area (Å²) in [5.74, 6) is 0.523. The molecule has 2 amide bonds. The van der Waals surface area contributed by atoms with Crippen molar-refractivity contribution in [3.8, 4) is 11.1 Å². The molecule has 1 aliphatic rings. The van der Waals surface area contributed by atoms with Crippen LogP contribution >= 0.6 is 11.6 Å². The zero-order valence-corrected chi connectivity index (χ0v) is 20.5. The first-order valence-electron chi connectivity index (χ1n) is 11.8. The number of hydrogen-bond donors (Lipinski definition) is 2. The number of aromatic nitrogens is 1. The van der Waals surface area contributed by atoms with Gasteiger partial charge in [-0.05, 0) is 71.7 Å². The third-order valence-corrected chi connectivity index (χ3v) is 6.46. The normalized spacial score (nSPS) is 15.5. The Morgan fingerprint density at radius 1 is 1.16 bits per heavy atom. The van der Waals surface area contributed by atoms with E-state index in [-0.39, 0.29) is 24.9 Å².